The van der Waals surface area contributed by atoms with Gasteiger partial charge in [0.25, 0.3) is 0 Å². The van der Waals surface area contributed by atoms with Gasteiger partial charge in [0.2, 0.25) is 0 Å². The number of rotatable bonds is 8. The van der Waals surface area contributed by atoms with Crippen LogP contribution in [0.2, 0.25) is 0 Å². The van der Waals surface area contributed by atoms with E-state index in [4.69, 9.17) is 28.4 Å². The highest BCUT2D eigenvalue weighted by Crippen LogP contribution is 2.52. The Hall–Kier alpha value is -4.85. The molecule has 1 saturated carbocycles. The van der Waals surface area contributed by atoms with Crippen molar-refractivity contribution >= 4 is 41.6 Å². The second-order valence-electron chi connectivity index (χ2n) is 14.8. The van der Waals surface area contributed by atoms with Crippen molar-refractivity contribution in [2.75, 3.05) is 0 Å². The van der Waals surface area contributed by atoms with Crippen LogP contribution in [0.1, 0.15) is 86.0 Å². The summed E-state index contributed by atoms with van der Waals surface area (Å²) in [7, 11) is 0. The van der Waals surface area contributed by atoms with Gasteiger partial charge in [-0.25, -0.2) is 4.79 Å². The van der Waals surface area contributed by atoms with Gasteiger partial charge in [-0.3, -0.25) is 28.8 Å². The van der Waals surface area contributed by atoms with E-state index in [-0.39, 0.29) is 11.1 Å². The quantitative estimate of drug-likeness (QED) is 0.228. The number of aliphatic hydroxyl groups is 1. The first-order valence-corrected chi connectivity index (χ1v) is 17.3. The predicted molar refractivity (Wildman–Crippen MR) is 186 cm³/mol. The number of fused-ring (bicyclic) bond motifs is 1. The lowest BCUT2D eigenvalue weighted by Crippen LogP contribution is -2.58. The average molecular weight is 743 g/mol. The molecule has 0 unspecified atom stereocenters. The summed E-state index contributed by atoms with van der Waals surface area (Å²) in [5.74, 6) is -9.76. The fourth-order valence-electron chi connectivity index (χ4n) is 7.02. The smallest absolute Gasteiger partial charge is 0.338 e. The largest absolute Gasteiger partial charge is 0.458 e. The molecule has 1 aromatic carbocycles. The van der Waals surface area contributed by atoms with E-state index in [9.17, 15) is 38.7 Å². The Morgan fingerprint density at radius 1 is 0.792 bits per heavy atom. The number of esters is 6. The first-order chi connectivity index (χ1) is 24.4. The minimum Gasteiger partial charge on any atom is -0.458 e. The molecule has 2 aliphatic carbocycles. The lowest BCUT2D eigenvalue weighted by molar-refractivity contribution is -0.192. The van der Waals surface area contributed by atoms with E-state index in [2.05, 4.69) is 6.58 Å². The van der Waals surface area contributed by atoms with Crippen LogP contribution in [-0.2, 0) is 57.2 Å². The number of hydrogen-bond donors (Lipinski definition) is 1. The molecule has 290 valence electrons. The van der Waals surface area contributed by atoms with E-state index >= 15 is 0 Å². The Balaban J connectivity index is 2.55. The van der Waals surface area contributed by atoms with Gasteiger partial charge < -0.3 is 33.5 Å². The molecule has 53 heavy (non-hydrogen) atoms. The molecule has 14 heteroatoms. The molecule has 1 aromatic rings. The van der Waals surface area contributed by atoms with Crippen molar-refractivity contribution in [3.63, 3.8) is 0 Å². The zero-order chi connectivity index (χ0) is 40.2. The van der Waals surface area contributed by atoms with E-state index in [0.717, 1.165) is 27.7 Å². The summed E-state index contributed by atoms with van der Waals surface area (Å²) < 4.78 is 35.1. The lowest BCUT2D eigenvalue weighted by Gasteiger charge is -2.44. The molecule has 0 spiro atoms. The molecule has 0 radical (unpaired) electrons. The Morgan fingerprint density at radius 2 is 1.34 bits per heavy atom. The van der Waals surface area contributed by atoms with E-state index < -0.39 is 113 Å². The van der Waals surface area contributed by atoms with E-state index in [0.29, 0.717) is 0 Å². The first-order valence-electron chi connectivity index (χ1n) is 17.3. The maximum Gasteiger partial charge on any atom is 0.338 e. The fraction of sp³-hybridized carbons (Fsp3) is 0.564. The van der Waals surface area contributed by atoms with Gasteiger partial charge in [0.15, 0.2) is 30.2 Å². The number of hydrogen-bond acceptors (Lipinski definition) is 14. The van der Waals surface area contributed by atoms with Gasteiger partial charge in [0.1, 0.15) is 17.3 Å². The number of ketones is 1. The summed E-state index contributed by atoms with van der Waals surface area (Å²) in [6.45, 7) is 17.7. The highest BCUT2D eigenvalue weighted by molar-refractivity contribution is 5.92. The van der Waals surface area contributed by atoms with Crippen LogP contribution < -0.4 is 0 Å². The summed E-state index contributed by atoms with van der Waals surface area (Å²) in [4.78, 5) is 92.7. The second-order valence-corrected chi connectivity index (χ2v) is 14.8. The van der Waals surface area contributed by atoms with Crippen molar-refractivity contribution in [2.45, 2.75) is 117 Å². The van der Waals surface area contributed by atoms with E-state index in [1.165, 1.54) is 52.0 Å². The van der Waals surface area contributed by atoms with E-state index in [1.54, 1.807) is 32.0 Å². The van der Waals surface area contributed by atoms with Crippen LogP contribution >= 0.6 is 0 Å². The molecule has 0 aliphatic heterocycles. The number of Topliss-reactive ketones (excluding diaryl/α,β-unsaturated/α-hetero) is 1. The normalized spacial score (nSPS) is 31.8. The predicted octanol–water partition coefficient (Wildman–Crippen LogP) is 4.01. The Morgan fingerprint density at radius 3 is 1.85 bits per heavy atom. The van der Waals surface area contributed by atoms with Gasteiger partial charge >= 0.3 is 35.8 Å². The molecule has 3 rings (SSSR count). The number of carbonyl (C=O) groups excluding carboxylic acids is 7. The van der Waals surface area contributed by atoms with Crippen LogP contribution in [0.25, 0.3) is 0 Å². The van der Waals surface area contributed by atoms with Gasteiger partial charge in [0.05, 0.1) is 17.4 Å². The number of benzene rings is 1. The highest BCUT2D eigenvalue weighted by atomic mass is 16.6. The molecule has 0 heterocycles. The summed E-state index contributed by atoms with van der Waals surface area (Å²) in [5.41, 5.74) is -6.08. The molecular formula is C39H50O14. The molecule has 2 aliphatic rings. The molecule has 14 nitrogen and oxygen atoms in total. The molecule has 0 saturated heterocycles. The summed E-state index contributed by atoms with van der Waals surface area (Å²) in [6, 6.07) is 7.64. The Labute approximate surface area is 309 Å². The van der Waals surface area contributed by atoms with Gasteiger partial charge in [-0.15, -0.1) is 0 Å². The third kappa shape index (κ3) is 9.58. The third-order valence-electron chi connectivity index (χ3n) is 9.36. The number of allylic oxidation sites excluding steroid dienone is 1. The molecule has 0 aromatic heterocycles. The average Bonchev–Trinajstić information content (AvgIpc) is 3.26. The van der Waals surface area contributed by atoms with Crippen LogP contribution in [0.3, 0.4) is 0 Å². The zero-order valence-corrected chi connectivity index (χ0v) is 31.8. The van der Waals surface area contributed by atoms with Crippen molar-refractivity contribution in [3.05, 3.63) is 60.2 Å². The maximum absolute atomic E-state index is 14.6. The first kappa shape index (κ1) is 42.6. The van der Waals surface area contributed by atoms with Crippen molar-refractivity contribution < 1.29 is 67.1 Å². The number of carbonyl (C=O) groups is 7. The van der Waals surface area contributed by atoms with Crippen molar-refractivity contribution in [1.82, 2.24) is 0 Å². The molecule has 0 bridgehead atoms. The Bertz CT molecular complexity index is 1640. The van der Waals surface area contributed by atoms with Crippen LogP contribution in [0.5, 0.6) is 0 Å². The maximum atomic E-state index is 14.6. The van der Waals surface area contributed by atoms with Gasteiger partial charge in [-0.2, -0.15) is 0 Å². The van der Waals surface area contributed by atoms with Gasteiger partial charge in [-0.1, -0.05) is 71.5 Å². The standard InChI is InChI=1S/C39H50O14/c1-20(2)35(45)52-30-22(4)29(51-36(46)27-15-13-12-14-16-27)28-33(49-24(6)41)38(11,53-26(8)43)19-39(28,47)32(44)21(3)17-18-37(9,10)34(50-25(7)42)31(30)48-23(5)40/h12-18,20-21,28-31,33-34,47H,4,19H2,1-3,5-11H3/b18-17+/t21-,28-,29-,30-,31+,33+,34+,38+,39+/m0/s1. The van der Waals surface area contributed by atoms with Gasteiger partial charge in [-0.05, 0) is 19.1 Å². The van der Waals surface area contributed by atoms with E-state index in [1.807, 2.05) is 0 Å². The topological polar surface area (TPSA) is 195 Å². The monoisotopic (exact) mass is 742 g/mol. The van der Waals surface area contributed by atoms with Crippen molar-refractivity contribution in [3.8, 4) is 0 Å². The van der Waals surface area contributed by atoms with Crippen LogP contribution in [0.4, 0.5) is 0 Å². The van der Waals surface area contributed by atoms with Crippen LogP contribution in [-0.4, -0.2) is 88.4 Å². The molecule has 0 amide bonds. The van der Waals surface area contributed by atoms with Crippen molar-refractivity contribution in [1.29, 1.82) is 0 Å². The van der Waals surface area contributed by atoms with Gasteiger partial charge in [0, 0.05) is 51.0 Å². The Kier molecular flexibility index (Phi) is 13.2. The molecular weight excluding hydrogens is 692 g/mol. The summed E-state index contributed by atoms with van der Waals surface area (Å²) in [5, 5.41) is 12.7. The molecule has 1 N–H and O–H groups in total. The zero-order valence-electron chi connectivity index (χ0n) is 31.8. The summed E-state index contributed by atoms with van der Waals surface area (Å²) >= 11 is 0. The molecule has 9 atom stereocenters. The minimum absolute atomic E-state index is 0.0218. The van der Waals surface area contributed by atoms with Crippen LogP contribution in [0, 0.1) is 23.2 Å². The summed E-state index contributed by atoms with van der Waals surface area (Å²) in [6.07, 6.45) is -6.14. The highest BCUT2D eigenvalue weighted by Gasteiger charge is 2.69. The van der Waals surface area contributed by atoms with Crippen LogP contribution in [0.15, 0.2) is 54.6 Å². The van der Waals surface area contributed by atoms with Crippen molar-refractivity contribution in [2.24, 2.45) is 23.2 Å². The SMILES string of the molecule is C=C1[C@H](OC(=O)C(C)C)[C@@H](OC(C)=O)[C@@H](OC(C)=O)C(C)(C)/C=C/[C@H](C)C(=O)[C@@]2(O)C[C@@](C)(OC(C)=O)[C@H](OC(C)=O)[C@@H]2[C@H]1OC(=O)c1ccccc1. The lowest BCUT2D eigenvalue weighted by atomic mass is 9.72. The minimum atomic E-state index is -2.58. The molecule has 1 fully saturated rings. The number of ether oxygens (including phenoxy) is 6. The third-order valence-corrected chi connectivity index (χ3v) is 9.36. The fourth-order valence-corrected chi connectivity index (χ4v) is 7.02. The second kappa shape index (κ2) is 16.4.